The van der Waals surface area contributed by atoms with E-state index in [0.29, 0.717) is 0 Å². The van der Waals surface area contributed by atoms with Crippen LogP contribution in [0, 0.1) is 10.1 Å². The van der Waals surface area contributed by atoms with Gasteiger partial charge in [-0.15, -0.1) is 0 Å². The summed E-state index contributed by atoms with van der Waals surface area (Å²) in [5.74, 6) is -1.48. The van der Waals surface area contributed by atoms with Gasteiger partial charge in [0, 0.05) is 12.6 Å². The summed E-state index contributed by atoms with van der Waals surface area (Å²) >= 11 is 5.57. The van der Waals surface area contributed by atoms with E-state index in [2.05, 4.69) is 0 Å². The third-order valence-electron chi connectivity index (χ3n) is 2.42. The van der Waals surface area contributed by atoms with Crippen molar-refractivity contribution in [1.29, 1.82) is 0 Å². The standard InChI is InChI=1S/C10H11ClN2O7S/c11-7-2-1-6(5-8(7)13(17)18)21(19,20)12-4-3-9(14)10(15)16/h1-2,5,9,12,14H,3-4H2,(H,15,16)/t9-/m0/s1. The Balaban J connectivity index is 2.86. The average molecular weight is 339 g/mol. The smallest absolute Gasteiger partial charge is 0.332 e. The number of halogens is 1. The van der Waals surface area contributed by atoms with E-state index < -0.39 is 32.7 Å². The van der Waals surface area contributed by atoms with Crippen LogP contribution in [0.15, 0.2) is 23.1 Å². The molecule has 0 aliphatic carbocycles. The number of hydrogen-bond donors (Lipinski definition) is 3. The first-order valence-electron chi connectivity index (χ1n) is 5.49. The Morgan fingerprint density at radius 3 is 2.62 bits per heavy atom. The topological polar surface area (TPSA) is 147 Å². The number of nitro benzene ring substituents is 1. The molecule has 0 aliphatic heterocycles. The van der Waals surface area contributed by atoms with Crippen molar-refractivity contribution in [2.24, 2.45) is 0 Å². The number of nitrogens with zero attached hydrogens (tertiary/aromatic N) is 1. The molecule has 1 atom stereocenters. The summed E-state index contributed by atoms with van der Waals surface area (Å²) in [6.07, 6.45) is -2.04. The molecule has 3 N–H and O–H groups in total. The molecule has 0 spiro atoms. The normalized spacial score (nSPS) is 12.9. The van der Waals surface area contributed by atoms with E-state index >= 15 is 0 Å². The first-order valence-corrected chi connectivity index (χ1v) is 7.35. The maximum Gasteiger partial charge on any atom is 0.332 e. The van der Waals surface area contributed by atoms with Crippen LogP contribution < -0.4 is 4.72 Å². The monoisotopic (exact) mass is 338 g/mol. The number of sulfonamides is 1. The summed E-state index contributed by atoms with van der Waals surface area (Å²) in [5, 5.41) is 27.9. The Hall–Kier alpha value is -1.75. The lowest BCUT2D eigenvalue weighted by Crippen LogP contribution is -2.30. The molecule has 0 radical (unpaired) electrons. The van der Waals surface area contributed by atoms with E-state index in [1.165, 1.54) is 0 Å². The Kier molecular flexibility index (Phi) is 5.61. The molecule has 0 saturated carbocycles. The van der Waals surface area contributed by atoms with Gasteiger partial charge in [0.25, 0.3) is 5.69 Å². The lowest BCUT2D eigenvalue weighted by Gasteiger charge is -2.08. The van der Waals surface area contributed by atoms with Crippen molar-refractivity contribution < 1.29 is 28.3 Å². The molecule has 0 saturated heterocycles. The van der Waals surface area contributed by atoms with Crippen LogP contribution in [0.1, 0.15) is 6.42 Å². The molecule has 0 fully saturated rings. The number of nitrogens with one attached hydrogen (secondary N) is 1. The van der Waals surface area contributed by atoms with Crippen LogP contribution in [-0.2, 0) is 14.8 Å². The van der Waals surface area contributed by atoms with E-state index in [1.807, 2.05) is 4.72 Å². The third kappa shape index (κ3) is 4.63. The SMILES string of the molecule is O=C(O)[C@@H](O)CCNS(=O)(=O)c1ccc(Cl)c([N+](=O)[O-])c1. The first kappa shape index (κ1) is 17.3. The zero-order valence-corrected chi connectivity index (χ0v) is 12.0. The lowest BCUT2D eigenvalue weighted by atomic mass is 10.3. The number of carbonyl (C=O) groups is 1. The number of aliphatic hydroxyl groups excluding tert-OH is 1. The van der Waals surface area contributed by atoms with E-state index in [4.69, 9.17) is 21.8 Å². The lowest BCUT2D eigenvalue weighted by molar-refractivity contribution is -0.384. The van der Waals surface area contributed by atoms with Gasteiger partial charge in [-0.3, -0.25) is 10.1 Å². The molecule has 0 bridgehead atoms. The van der Waals surface area contributed by atoms with Gasteiger partial charge in [-0.05, 0) is 18.6 Å². The Bertz CT molecular complexity index is 661. The van der Waals surface area contributed by atoms with Gasteiger partial charge in [-0.25, -0.2) is 17.9 Å². The van der Waals surface area contributed by atoms with E-state index in [-0.39, 0.29) is 22.9 Å². The van der Waals surface area contributed by atoms with Crippen molar-refractivity contribution in [2.75, 3.05) is 6.54 Å². The predicted molar refractivity (Wildman–Crippen MR) is 71.6 cm³/mol. The van der Waals surface area contributed by atoms with Gasteiger partial charge in [0.1, 0.15) is 5.02 Å². The van der Waals surface area contributed by atoms with Crippen molar-refractivity contribution in [3.63, 3.8) is 0 Å². The van der Waals surface area contributed by atoms with E-state index in [1.54, 1.807) is 0 Å². The maximum atomic E-state index is 11.9. The summed E-state index contributed by atoms with van der Waals surface area (Å²) in [6.45, 7) is -0.341. The molecule has 21 heavy (non-hydrogen) atoms. The van der Waals surface area contributed by atoms with Gasteiger partial charge in [-0.1, -0.05) is 11.6 Å². The van der Waals surface area contributed by atoms with Gasteiger partial charge in [0.2, 0.25) is 10.0 Å². The third-order valence-corrected chi connectivity index (χ3v) is 4.20. The second-order valence-electron chi connectivity index (χ2n) is 3.91. The number of nitro groups is 1. The number of carboxylic acid groups (broad SMARTS) is 1. The van der Waals surface area contributed by atoms with Crippen molar-refractivity contribution >= 4 is 33.3 Å². The van der Waals surface area contributed by atoms with Gasteiger partial charge in [0.05, 0.1) is 9.82 Å². The average Bonchev–Trinajstić information content (AvgIpc) is 2.38. The number of carboxylic acids is 1. The van der Waals surface area contributed by atoms with Crippen LogP contribution in [0.2, 0.25) is 5.02 Å². The van der Waals surface area contributed by atoms with E-state index in [9.17, 15) is 23.3 Å². The van der Waals surface area contributed by atoms with Crippen molar-refractivity contribution in [1.82, 2.24) is 4.72 Å². The van der Waals surface area contributed by atoms with Crippen LogP contribution in [0.3, 0.4) is 0 Å². The molecule has 9 nitrogen and oxygen atoms in total. The van der Waals surface area contributed by atoms with Crippen LogP contribution in [-0.4, -0.2) is 42.2 Å². The van der Waals surface area contributed by atoms with Gasteiger partial charge >= 0.3 is 5.97 Å². The summed E-state index contributed by atoms with van der Waals surface area (Å²) in [7, 11) is -4.07. The molecule has 0 aliphatic rings. The Morgan fingerprint density at radius 2 is 2.10 bits per heavy atom. The molecule has 0 heterocycles. The Morgan fingerprint density at radius 1 is 1.48 bits per heavy atom. The molecule has 1 aromatic carbocycles. The fraction of sp³-hybridized carbons (Fsp3) is 0.300. The van der Waals surface area contributed by atoms with Crippen LogP contribution in [0.25, 0.3) is 0 Å². The molecule has 116 valence electrons. The minimum absolute atomic E-state index is 0.208. The zero-order valence-electron chi connectivity index (χ0n) is 10.4. The summed E-state index contributed by atoms with van der Waals surface area (Å²) < 4.78 is 25.8. The molecular formula is C10H11ClN2O7S. The predicted octanol–water partition coefficient (Wildman–Crippen LogP) is 0.362. The molecule has 11 heteroatoms. The number of rotatable bonds is 7. The van der Waals surface area contributed by atoms with Crippen LogP contribution in [0.5, 0.6) is 0 Å². The minimum atomic E-state index is -4.07. The number of aliphatic carboxylic acids is 1. The maximum absolute atomic E-state index is 11.9. The zero-order chi connectivity index (χ0) is 16.2. The van der Waals surface area contributed by atoms with E-state index in [0.717, 1.165) is 18.2 Å². The second-order valence-corrected chi connectivity index (χ2v) is 6.08. The second kappa shape index (κ2) is 6.80. The van der Waals surface area contributed by atoms with Gasteiger partial charge < -0.3 is 10.2 Å². The summed E-state index contributed by atoms with van der Waals surface area (Å²) in [5.41, 5.74) is -0.565. The highest BCUT2D eigenvalue weighted by atomic mass is 35.5. The summed E-state index contributed by atoms with van der Waals surface area (Å²) in [6, 6.07) is 2.93. The minimum Gasteiger partial charge on any atom is -0.479 e. The largest absolute Gasteiger partial charge is 0.479 e. The first-order chi connectivity index (χ1) is 9.65. The number of aliphatic hydroxyl groups is 1. The van der Waals surface area contributed by atoms with Crippen LogP contribution >= 0.6 is 11.6 Å². The highest BCUT2D eigenvalue weighted by molar-refractivity contribution is 7.89. The molecule has 0 aromatic heterocycles. The van der Waals surface area contributed by atoms with Gasteiger partial charge in [-0.2, -0.15) is 0 Å². The quantitative estimate of drug-likeness (QED) is 0.480. The number of hydrogen-bond acceptors (Lipinski definition) is 6. The fourth-order valence-electron chi connectivity index (χ4n) is 1.34. The van der Waals surface area contributed by atoms with Crippen LogP contribution in [0.4, 0.5) is 5.69 Å². The summed E-state index contributed by atoms with van der Waals surface area (Å²) in [4.78, 5) is 19.8. The van der Waals surface area contributed by atoms with Crippen molar-refractivity contribution in [2.45, 2.75) is 17.4 Å². The highest BCUT2D eigenvalue weighted by Crippen LogP contribution is 2.26. The molecule has 1 rings (SSSR count). The highest BCUT2D eigenvalue weighted by Gasteiger charge is 2.21. The molecule has 0 unspecified atom stereocenters. The number of benzene rings is 1. The molecule has 1 aromatic rings. The van der Waals surface area contributed by atoms with Gasteiger partial charge in [0.15, 0.2) is 6.10 Å². The van der Waals surface area contributed by atoms with Crippen molar-refractivity contribution in [3.05, 3.63) is 33.3 Å². The van der Waals surface area contributed by atoms with Crippen molar-refractivity contribution in [3.8, 4) is 0 Å². The fourth-order valence-corrected chi connectivity index (χ4v) is 2.59. The Labute approximate surface area is 124 Å². The molecule has 0 amide bonds. The molecular weight excluding hydrogens is 328 g/mol.